The molecule has 2 fully saturated rings. The SMILES string of the molecule is Cc1c(O)cccc1OC1CCC(OCC(C)N2CCN(c3ccc4c(-c5ccc(OCc6ccccc6)nc5OCc5ccccc5)nn(C)c4c3)CC2)CC1. The molecule has 10 nitrogen and oxygen atoms in total. The Morgan fingerprint density at radius 3 is 2.16 bits per heavy atom. The van der Waals surface area contributed by atoms with E-state index in [2.05, 4.69) is 34.9 Å². The van der Waals surface area contributed by atoms with Gasteiger partial charge in [0.2, 0.25) is 11.8 Å². The fourth-order valence-corrected chi connectivity index (χ4v) is 7.92. The van der Waals surface area contributed by atoms with Crippen molar-refractivity contribution in [1.29, 1.82) is 0 Å². The molecule has 10 heteroatoms. The van der Waals surface area contributed by atoms with Crippen molar-refractivity contribution >= 4 is 16.6 Å². The van der Waals surface area contributed by atoms with E-state index >= 15 is 0 Å². The summed E-state index contributed by atoms with van der Waals surface area (Å²) in [5, 5.41) is 16.1. The molecule has 296 valence electrons. The molecule has 1 aliphatic carbocycles. The summed E-state index contributed by atoms with van der Waals surface area (Å²) in [4.78, 5) is 9.86. The number of pyridine rings is 1. The summed E-state index contributed by atoms with van der Waals surface area (Å²) in [5.41, 5.74) is 6.85. The second-order valence-corrected chi connectivity index (χ2v) is 15.3. The Morgan fingerprint density at radius 1 is 0.754 bits per heavy atom. The van der Waals surface area contributed by atoms with Crippen molar-refractivity contribution in [1.82, 2.24) is 19.7 Å². The molecular weight excluding hydrogens is 715 g/mol. The highest BCUT2D eigenvalue weighted by Gasteiger charge is 2.27. The Bertz CT molecular complexity index is 2230. The summed E-state index contributed by atoms with van der Waals surface area (Å²) in [6.45, 7) is 9.58. The van der Waals surface area contributed by atoms with Crippen LogP contribution in [0.1, 0.15) is 49.3 Å². The van der Waals surface area contributed by atoms with Gasteiger partial charge in [-0.2, -0.15) is 10.1 Å². The second-order valence-electron chi connectivity index (χ2n) is 15.3. The molecule has 3 heterocycles. The molecule has 0 spiro atoms. The minimum atomic E-state index is 0.165. The first-order chi connectivity index (χ1) is 27.9. The second kappa shape index (κ2) is 17.7. The Labute approximate surface area is 335 Å². The third kappa shape index (κ3) is 9.19. The van der Waals surface area contributed by atoms with Gasteiger partial charge in [-0.1, -0.05) is 66.7 Å². The first-order valence-corrected chi connectivity index (χ1v) is 20.3. The lowest BCUT2D eigenvalue weighted by Crippen LogP contribution is -2.51. The smallest absolute Gasteiger partial charge is 0.226 e. The average molecular weight is 768 g/mol. The Morgan fingerprint density at radius 2 is 1.44 bits per heavy atom. The number of hydrogen-bond donors (Lipinski definition) is 1. The molecule has 1 saturated carbocycles. The topological polar surface area (TPSA) is 94.3 Å². The van der Waals surface area contributed by atoms with Gasteiger partial charge in [-0.15, -0.1) is 0 Å². The van der Waals surface area contributed by atoms with Gasteiger partial charge in [-0.05, 0) is 87.1 Å². The maximum absolute atomic E-state index is 10.0. The van der Waals surface area contributed by atoms with Gasteiger partial charge >= 0.3 is 0 Å². The van der Waals surface area contributed by atoms with Crippen molar-refractivity contribution in [3.63, 3.8) is 0 Å². The van der Waals surface area contributed by atoms with Crippen molar-refractivity contribution in [3.8, 4) is 34.5 Å². The molecule has 2 aliphatic rings. The number of piperazine rings is 1. The molecule has 2 aromatic heterocycles. The normalized spacial score (nSPS) is 18.1. The van der Waals surface area contributed by atoms with Crippen LogP contribution < -0.4 is 19.1 Å². The van der Waals surface area contributed by atoms with Crippen LogP contribution in [0.25, 0.3) is 22.2 Å². The van der Waals surface area contributed by atoms with E-state index in [4.69, 9.17) is 29.0 Å². The predicted octanol–water partition coefficient (Wildman–Crippen LogP) is 8.72. The number of phenolic OH excluding ortho intramolecular Hbond substituents is 1. The van der Waals surface area contributed by atoms with Gasteiger partial charge in [-0.3, -0.25) is 9.58 Å². The zero-order valence-corrected chi connectivity index (χ0v) is 33.2. The van der Waals surface area contributed by atoms with Gasteiger partial charge in [0.25, 0.3) is 0 Å². The van der Waals surface area contributed by atoms with Crippen LogP contribution in [-0.4, -0.2) is 75.8 Å². The molecule has 0 radical (unpaired) electrons. The Balaban J connectivity index is 0.879. The summed E-state index contributed by atoms with van der Waals surface area (Å²) in [6.07, 6.45) is 4.35. The molecule has 8 rings (SSSR count). The summed E-state index contributed by atoms with van der Waals surface area (Å²) in [7, 11) is 2.00. The van der Waals surface area contributed by atoms with E-state index in [0.29, 0.717) is 31.0 Å². The molecular formula is C47H53N5O5. The van der Waals surface area contributed by atoms with Gasteiger partial charge in [0.15, 0.2) is 0 Å². The number of aromatic hydroxyl groups is 1. The van der Waals surface area contributed by atoms with E-state index in [1.165, 1.54) is 5.69 Å². The number of benzene rings is 4. The highest BCUT2D eigenvalue weighted by atomic mass is 16.5. The highest BCUT2D eigenvalue weighted by molar-refractivity contribution is 5.96. The zero-order valence-electron chi connectivity index (χ0n) is 33.2. The van der Waals surface area contributed by atoms with Crippen LogP contribution in [0, 0.1) is 6.92 Å². The van der Waals surface area contributed by atoms with Crippen LogP contribution in [0.4, 0.5) is 5.69 Å². The number of fused-ring (bicyclic) bond motifs is 1. The van der Waals surface area contributed by atoms with E-state index in [1.807, 2.05) is 104 Å². The number of phenols is 1. The van der Waals surface area contributed by atoms with Crippen LogP contribution in [0.2, 0.25) is 0 Å². The molecule has 1 unspecified atom stereocenters. The predicted molar refractivity (Wildman–Crippen MR) is 224 cm³/mol. The van der Waals surface area contributed by atoms with Crippen LogP contribution in [-0.2, 0) is 25.0 Å². The van der Waals surface area contributed by atoms with Gasteiger partial charge in [0, 0.05) is 62.0 Å². The third-order valence-electron chi connectivity index (χ3n) is 11.4. The third-order valence-corrected chi connectivity index (χ3v) is 11.4. The fraction of sp³-hybridized carbons (Fsp3) is 0.362. The molecule has 1 atom stereocenters. The lowest BCUT2D eigenvalue weighted by molar-refractivity contribution is -0.0222. The maximum atomic E-state index is 10.0. The van der Waals surface area contributed by atoms with E-state index in [-0.39, 0.29) is 18.0 Å². The maximum Gasteiger partial charge on any atom is 0.226 e. The molecule has 4 aromatic carbocycles. The molecule has 1 saturated heterocycles. The quantitative estimate of drug-likeness (QED) is 0.117. The Hall–Kier alpha value is -5.58. The van der Waals surface area contributed by atoms with E-state index in [1.54, 1.807) is 6.07 Å². The summed E-state index contributed by atoms with van der Waals surface area (Å²) >= 11 is 0. The molecule has 1 aliphatic heterocycles. The van der Waals surface area contributed by atoms with Crippen LogP contribution in [0.15, 0.2) is 109 Å². The minimum Gasteiger partial charge on any atom is -0.508 e. The van der Waals surface area contributed by atoms with E-state index in [0.717, 1.165) is 103 Å². The molecule has 0 amide bonds. The number of aryl methyl sites for hydroxylation is 1. The van der Waals surface area contributed by atoms with Gasteiger partial charge in [-0.25, -0.2) is 0 Å². The first kappa shape index (κ1) is 38.3. The van der Waals surface area contributed by atoms with Crippen molar-refractivity contribution in [3.05, 3.63) is 126 Å². The standard InChI is InChI=1S/C47H53N5O5/c1-33(30-54-38-18-20-39(21-19-38)57-44-16-10-15-43(53)34(44)2)51-25-27-52(28-26-51)37-17-22-40-42(29-37)50(3)49-46(40)41-23-24-45(55-31-35-11-6-4-7-12-35)48-47(41)56-32-36-13-8-5-9-14-36/h4-17,22-24,29,33,38-39,53H,18-21,25-28,30-32H2,1-3H3. The van der Waals surface area contributed by atoms with Crippen LogP contribution in [0.5, 0.6) is 23.3 Å². The number of hydrogen-bond acceptors (Lipinski definition) is 9. The number of rotatable bonds is 14. The van der Waals surface area contributed by atoms with Gasteiger partial charge < -0.3 is 29.0 Å². The fourth-order valence-electron chi connectivity index (χ4n) is 7.92. The zero-order chi connectivity index (χ0) is 39.1. The largest absolute Gasteiger partial charge is 0.508 e. The monoisotopic (exact) mass is 767 g/mol. The lowest BCUT2D eigenvalue weighted by Gasteiger charge is -2.39. The van der Waals surface area contributed by atoms with E-state index in [9.17, 15) is 5.11 Å². The number of aromatic nitrogens is 3. The molecule has 0 bridgehead atoms. The lowest BCUT2D eigenvalue weighted by atomic mass is 9.94. The molecule has 57 heavy (non-hydrogen) atoms. The number of anilines is 1. The number of nitrogens with zero attached hydrogens (tertiary/aromatic N) is 5. The highest BCUT2D eigenvalue weighted by Crippen LogP contribution is 2.37. The van der Waals surface area contributed by atoms with Gasteiger partial charge in [0.05, 0.1) is 29.9 Å². The summed E-state index contributed by atoms with van der Waals surface area (Å²) in [6, 6.07) is 36.6. The summed E-state index contributed by atoms with van der Waals surface area (Å²) < 4.78 is 27.1. The molecule has 1 N–H and O–H groups in total. The van der Waals surface area contributed by atoms with E-state index < -0.39 is 0 Å². The Kier molecular flexibility index (Phi) is 11.9. The first-order valence-electron chi connectivity index (χ1n) is 20.3. The van der Waals surface area contributed by atoms with Crippen LogP contribution in [0.3, 0.4) is 0 Å². The van der Waals surface area contributed by atoms with Crippen molar-refractivity contribution in [2.45, 2.75) is 71.0 Å². The van der Waals surface area contributed by atoms with Gasteiger partial charge in [0.1, 0.15) is 30.4 Å². The van der Waals surface area contributed by atoms with Crippen LogP contribution >= 0.6 is 0 Å². The van der Waals surface area contributed by atoms with Crippen molar-refractivity contribution in [2.24, 2.45) is 7.05 Å². The summed E-state index contributed by atoms with van der Waals surface area (Å²) in [5.74, 6) is 2.05. The minimum absolute atomic E-state index is 0.165. The van der Waals surface area contributed by atoms with Crippen molar-refractivity contribution in [2.75, 3.05) is 37.7 Å². The number of ether oxygens (including phenoxy) is 4. The van der Waals surface area contributed by atoms with Crippen molar-refractivity contribution < 1.29 is 24.1 Å². The molecule has 6 aromatic rings. The average Bonchev–Trinajstić information content (AvgIpc) is 3.59.